The van der Waals surface area contributed by atoms with E-state index in [2.05, 4.69) is 20.2 Å². The summed E-state index contributed by atoms with van der Waals surface area (Å²) in [5.41, 5.74) is 6.35. The van der Waals surface area contributed by atoms with Crippen LogP contribution in [0.2, 0.25) is 0 Å². The zero-order valence-corrected chi connectivity index (χ0v) is 20.7. The molecule has 1 atom stereocenters. The van der Waals surface area contributed by atoms with Crippen LogP contribution < -0.4 is 16.0 Å². The summed E-state index contributed by atoms with van der Waals surface area (Å²) in [6, 6.07) is 7.38. The monoisotopic (exact) mass is 516 g/mol. The standard InChI is InChI=1S/C26H28F4N6O/c1-15-20(13-32-25(31)33-15)16-6-8-21(27)19(11-16)24(37)34-22-12-17(26(28,29)30)7-9-23(22)36-10-4-5-18(14-36)35(2)3/h6-9,11-13,18H,4-5,10,14H2,1-3H3,(H,34,37)(H2,31,32,33)/t18-/m0/s1. The van der Waals surface area contributed by atoms with Crippen LogP contribution in [0, 0.1) is 12.7 Å². The molecule has 3 aromatic rings. The first kappa shape index (κ1) is 26.3. The van der Waals surface area contributed by atoms with Crippen LogP contribution >= 0.6 is 0 Å². The highest BCUT2D eigenvalue weighted by atomic mass is 19.4. The number of halogens is 4. The molecule has 0 radical (unpaired) electrons. The lowest BCUT2D eigenvalue weighted by molar-refractivity contribution is -0.137. The molecule has 1 amide bonds. The molecule has 11 heteroatoms. The first-order chi connectivity index (χ1) is 17.4. The Hall–Kier alpha value is -3.73. The number of nitrogens with zero attached hydrogens (tertiary/aromatic N) is 4. The minimum Gasteiger partial charge on any atom is -0.368 e. The number of likely N-dealkylation sites (N-methyl/N-ethyl adjacent to an activating group) is 1. The van der Waals surface area contributed by atoms with Gasteiger partial charge in [-0.15, -0.1) is 0 Å². The van der Waals surface area contributed by atoms with Gasteiger partial charge in [0.15, 0.2) is 0 Å². The maximum atomic E-state index is 14.8. The number of carbonyl (C=O) groups is 1. The van der Waals surface area contributed by atoms with Crippen LogP contribution in [0.5, 0.6) is 0 Å². The SMILES string of the molecule is Cc1nc(N)ncc1-c1ccc(F)c(C(=O)Nc2cc(C(F)(F)F)ccc2N2CCC[C@H](N(C)C)C2)c1. The Morgan fingerprint density at radius 1 is 1.19 bits per heavy atom. The second kappa shape index (κ2) is 10.3. The molecular formula is C26H28F4N6O. The van der Waals surface area contributed by atoms with Crippen molar-refractivity contribution in [2.24, 2.45) is 0 Å². The van der Waals surface area contributed by atoms with Crippen molar-refractivity contribution >= 4 is 23.2 Å². The van der Waals surface area contributed by atoms with E-state index in [0.717, 1.165) is 31.0 Å². The average molecular weight is 517 g/mol. The van der Waals surface area contributed by atoms with Crippen molar-refractivity contribution in [1.82, 2.24) is 14.9 Å². The molecule has 37 heavy (non-hydrogen) atoms. The molecule has 4 rings (SSSR count). The molecule has 0 aliphatic carbocycles. The number of hydrogen-bond acceptors (Lipinski definition) is 6. The molecule has 1 aliphatic rings. The zero-order valence-electron chi connectivity index (χ0n) is 20.7. The summed E-state index contributed by atoms with van der Waals surface area (Å²) in [6.45, 7) is 2.91. The summed E-state index contributed by atoms with van der Waals surface area (Å²) in [4.78, 5) is 25.3. The fraction of sp³-hybridized carbons (Fsp3) is 0.346. The third-order valence-corrected chi connectivity index (χ3v) is 6.56. The molecule has 0 saturated carbocycles. The number of nitrogen functional groups attached to an aromatic ring is 1. The topological polar surface area (TPSA) is 87.4 Å². The van der Waals surface area contributed by atoms with Crippen LogP contribution in [-0.4, -0.2) is 54.0 Å². The third-order valence-electron chi connectivity index (χ3n) is 6.56. The van der Waals surface area contributed by atoms with Gasteiger partial charge in [-0.25, -0.2) is 14.4 Å². The number of aromatic nitrogens is 2. The molecule has 1 aromatic heterocycles. The Balaban J connectivity index is 1.70. The van der Waals surface area contributed by atoms with Crippen molar-refractivity contribution in [2.45, 2.75) is 32.0 Å². The number of nitrogens with two attached hydrogens (primary N) is 1. The summed E-state index contributed by atoms with van der Waals surface area (Å²) in [7, 11) is 3.90. The van der Waals surface area contributed by atoms with E-state index in [4.69, 9.17) is 5.73 Å². The summed E-state index contributed by atoms with van der Waals surface area (Å²) in [5.74, 6) is -1.60. The van der Waals surface area contributed by atoms with Gasteiger partial charge in [0, 0.05) is 30.9 Å². The highest BCUT2D eigenvalue weighted by molar-refractivity contribution is 6.07. The number of nitrogens with one attached hydrogen (secondary N) is 1. The molecule has 2 heterocycles. The van der Waals surface area contributed by atoms with Gasteiger partial charge in [-0.1, -0.05) is 6.07 Å². The van der Waals surface area contributed by atoms with Crippen LogP contribution in [0.4, 0.5) is 34.9 Å². The van der Waals surface area contributed by atoms with Gasteiger partial charge in [0.05, 0.1) is 28.2 Å². The molecular weight excluding hydrogens is 488 g/mol. The van der Waals surface area contributed by atoms with Gasteiger partial charge in [0.25, 0.3) is 5.91 Å². The molecule has 1 saturated heterocycles. The van der Waals surface area contributed by atoms with Crippen molar-refractivity contribution in [3.8, 4) is 11.1 Å². The summed E-state index contributed by atoms with van der Waals surface area (Å²) >= 11 is 0. The molecule has 196 valence electrons. The number of carbonyl (C=O) groups excluding carboxylic acids is 1. The Bertz CT molecular complexity index is 1310. The summed E-state index contributed by atoms with van der Waals surface area (Å²) < 4.78 is 55.3. The summed E-state index contributed by atoms with van der Waals surface area (Å²) in [5, 5.41) is 2.54. The minimum absolute atomic E-state index is 0.0315. The van der Waals surface area contributed by atoms with E-state index in [1.165, 1.54) is 24.4 Å². The van der Waals surface area contributed by atoms with E-state index in [9.17, 15) is 22.4 Å². The maximum Gasteiger partial charge on any atom is 0.416 e. The zero-order chi connectivity index (χ0) is 26.9. The highest BCUT2D eigenvalue weighted by Gasteiger charge is 2.32. The third kappa shape index (κ3) is 5.82. The largest absolute Gasteiger partial charge is 0.416 e. The molecule has 7 nitrogen and oxygen atoms in total. The first-order valence-electron chi connectivity index (χ1n) is 11.8. The van der Waals surface area contributed by atoms with E-state index in [1.807, 2.05) is 19.0 Å². The molecule has 0 bridgehead atoms. The number of anilines is 3. The Kier molecular flexibility index (Phi) is 7.35. The number of rotatable bonds is 5. The number of piperidine rings is 1. The van der Waals surface area contributed by atoms with E-state index in [-0.39, 0.29) is 23.2 Å². The molecule has 1 fully saturated rings. The van der Waals surface area contributed by atoms with Crippen molar-refractivity contribution < 1.29 is 22.4 Å². The quantitative estimate of drug-likeness (QED) is 0.466. The van der Waals surface area contributed by atoms with Gasteiger partial charge < -0.3 is 20.9 Å². The van der Waals surface area contributed by atoms with Crippen molar-refractivity contribution in [3.05, 3.63) is 65.2 Å². The Morgan fingerprint density at radius 3 is 2.62 bits per heavy atom. The van der Waals surface area contributed by atoms with Gasteiger partial charge in [0.1, 0.15) is 5.82 Å². The second-order valence-electron chi connectivity index (χ2n) is 9.31. The molecule has 0 spiro atoms. The molecule has 2 aromatic carbocycles. The van der Waals surface area contributed by atoms with Gasteiger partial charge >= 0.3 is 6.18 Å². The Labute approximate surface area is 212 Å². The van der Waals surface area contributed by atoms with Crippen molar-refractivity contribution in [2.75, 3.05) is 43.1 Å². The van der Waals surface area contributed by atoms with Crippen molar-refractivity contribution in [1.29, 1.82) is 0 Å². The second-order valence-corrected chi connectivity index (χ2v) is 9.31. The summed E-state index contributed by atoms with van der Waals surface area (Å²) in [6.07, 6.45) is -1.34. The van der Waals surface area contributed by atoms with E-state index in [0.29, 0.717) is 35.6 Å². The predicted octanol–water partition coefficient (Wildman–Crippen LogP) is 4.97. The van der Waals surface area contributed by atoms with Gasteiger partial charge in [-0.2, -0.15) is 13.2 Å². The lowest BCUT2D eigenvalue weighted by Crippen LogP contribution is -2.45. The van der Waals surface area contributed by atoms with Gasteiger partial charge in [-0.3, -0.25) is 4.79 Å². The van der Waals surface area contributed by atoms with Crippen LogP contribution in [0.3, 0.4) is 0 Å². The normalized spacial score (nSPS) is 16.2. The van der Waals surface area contributed by atoms with E-state index < -0.39 is 23.5 Å². The number of alkyl halides is 3. The number of amides is 1. The first-order valence-corrected chi connectivity index (χ1v) is 11.8. The number of hydrogen-bond donors (Lipinski definition) is 2. The smallest absolute Gasteiger partial charge is 0.368 e. The van der Waals surface area contributed by atoms with Crippen LogP contribution in [-0.2, 0) is 6.18 Å². The lowest BCUT2D eigenvalue weighted by atomic mass is 10.0. The number of benzene rings is 2. The average Bonchev–Trinajstić information content (AvgIpc) is 2.84. The Morgan fingerprint density at radius 2 is 1.95 bits per heavy atom. The van der Waals surface area contributed by atoms with Gasteiger partial charge in [-0.05, 0) is 69.8 Å². The lowest BCUT2D eigenvalue weighted by Gasteiger charge is -2.38. The fourth-order valence-electron chi connectivity index (χ4n) is 4.51. The minimum atomic E-state index is -4.61. The van der Waals surface area contributed by atoms with Crippen molar-refractivity contribution in [3.63, 3.8) is 0 Å². The van der Waals surface area contributed by atoms with E-state index in [1.54, 1.807) is 6.92 Å². The maximum absolute atomic E-state index is 14.8. The fourth-order valence-corrected chi connectivity index (χ4v) is 4.51. The highest BCUT2D eigenvalue weighted by Crippen LogP contribution is 2.37. The predicted molar refractivity (Wildman–Crippen MR) is 135 cm³/mol. The molecule has 3 N–H and O–H groups in total. The van der Waals surface area contributed by atoms with Crippen LogP contribution in [0.15, 0.2) is 42.6 Å². The number of aryl methyl sites for hydroxylation is 1. The van der Waals surface area contributed by atoms with Crippen LogP contribution in [0.1, 0.15) is 34.5 Å². The van der Waals surface area contributed by atoms with Crippen LogP contribution in [0.25, 0.3) is 11.1 Å². The molecule has 0 unspecified atom stereocenters. The van der Waals surface area contributed by atoms with E-state index >= 15 is 0 Å². The molecule has 1 aliphatic heterocycles. The van der Waals surface area contributed by atoms with Gasteiger partial charge in [0.2, 0.25) is 5.95 Å².